The Morgan fingerprint density at radius 1 is 1.78 bits per heavy atom. The van der Waals surface area contributed by atoms with Crippen molar-refractivity contribution in [2.45, 2.75) is 6.92 Å². The standard InChI is InChI=1S/C5H13N3O/c1-3-8(2)4-5(9)7-6/h3-4,6H2,1-2H3,(H,7,9). The van der Waals surface area contributed by atoms with Gasteiger partial charge in [-0.1, -0.05) is 6.92 Å². The van der Waals surface area contributed by atoms with Crippen LogP contribution in [0.2, 0.25) is 0 Å². The van der Waals surface area contributed by atoms with Crippen molar-refractivity contribution in [3.05, 3.63) is 0 Å². The second kappa shape index (κ2) is 4.29. The zero-order valence-electron chi connectivity index (χ0n) is 5.85. The van der Waals surface area contributed by atoms with Gasteiger partial charge in [-0.15, -0.1) is 0 Å². The van der Waals surface area contributed by atoms with Crippen LogP contribution >= 0.6 is 0 Å². The molecule has 0 saturated heterocycles. The van der Waals surface area contributed by atoms with Gasteiger partial charge in [0.1, 0.15) is 0 Å². The fourth-order valence-electron chi connectivity index (χ4n) is 0.403. The Labute approximate surface area is 55.0 Å². The summed E-state index contributed by atoms with van der Waals surface area (Å²) in [6.07, 6.45) is 0. The number of hydrogen-bond donors (Lipinski definition) is 2. The van der Waals surface area contributed by atoms with Crippen LogP contribution in [0.5, 0.6) is 0 Å². The number of carbonyl (C=O) groups is 1. The Morgan fingerprint density at radius 3 is 2.67 bits per heavy atom. The first-order valence-electron chi connectivity index (χ1n) is 2.88. The summed E-state index contributed by atoms with van der Waals surface area (Å²) in [4.78, 5) is 12.4. The van der Waals surface area contributed by atoms with Gasteiger partial charge in [-0.05, 0) is 13.6 Å². The third-order valence-corrected chi connectivity index (χ3v) is 1.11. The summed E-state index contributed by atoms with van der Waals surface area (Å²) < 4.78 is 0. The van der Waals surface area contributed by atoms with E-state index in [1.54, 1.807) is 0 Å². The van der Waals surface area contributed by atoms with Crippen LogP contribution in [0.3, 0.4) is 0 Å². The molecule has 0 aromatic rings. The molecule has 0 radical (unpaired) electrons. The topological polar surface area (TPSA) is 58.4 Å². The second-order valence-corrected chi connectivity index (χ2v) is 1.90. The van der Waals surface area contributed by atoms with Gasteiger partial charge in [-0.2, -0.15) is 0 Å². The molecule has 0 spiro atoms. The van der Waals surface area contributed by atoms with Gasteiger partial charge in [0.2, 0.25) is 5.91 Å². The molecule has 0 aromatic carbocycles. The minimum absolute atomic E-state index is 0.153. The molecule has 0 fully saturated rings. The molecule has 0 saturated carbocycles. The number of nitrogens with two attached hydrogens (primary N) is 1. The lowest BCUT2D eigenvalue weighted by molar-refractivity contribution is -0.121. The zero-order valence-corrected chi connectivity index (χ0v) is 5.85. The van der Waals surface area contributed by atoms with Gasteiger partial charge in [-0.3, -0.25) is 15.1 Å². The summed E-state index contributed by atoms with van der Waals surface area (Å²) in [6.45, 7) is 3.20. The lowest BCUT2D eigenvalue weighted by atomic mass is 10.5. The lowest BCUT2D eigenvalue weighted by Gasteiger charge is -2.10. The van der Waals surface area contributed by atoms with Gasteiger partial charge in [-0.25, -0.2) is 5.84 Å². The average molecular weight is 131 g/mol. The summed E-state index contributed by atoms with van der Waals surface area (Å²) in [5.41, 5.74) is 2.05. The monoisotopic (exact) mass is 131 g/mol. The zero-order chi connectivity index (χ0) is 7.28. The summed E-state index contributed by atoms with van der Waals surface area (Å²) >= 11 is 0. The number of hydrogen-bond acceptors (Lipinski definition) is 3. The maximum Gasteiger partial charge on any atom is 0.248 e. The van der Waals surface area contributed by atoms with Gasteiger partial charge in [0, 0.05) is 0 Å². The number of hydrazine groups is 1. The first kappa shape index (κ1) is 8.39. The van der Waals surface area contributed by atoms with Gasteiger partial charge >= 0.3 is 0 Å². The molecular formula is C5H13N3O. The SMILES string of the molecule is CCN(C)CC(=O)NN. The highest BCUT2D eigenvalue weighted by Gasteiger charge is 1.99. The maximum atomic E-state index is 10.5. The molecule has 0 atom stereocenters. The Kier molecular flexibility index (Phi) is 4.00. The van der Waals surface area contributed by atoms with E-state index < -0.39 is 0 Å². The highest BCUT2D eigenvalue weighted by Crippen LogP contribution is 1.77. The van der Waals surface area contributed by atoms with E-state index >= 15 is 0 Å². The van der Waals surface area contributed by atoms with Crippen molar-refractivity contribution in [3.63, 3.8) is 0 Å². The molecule has 0 bridgehead atoms. The highest BCUT2D eigenvalue weighted by molar-refractivity contribution is 5.77. The van der Waals surface area contributed by atoms with Crippen molar-refractivity contribution in [2.75, 3.05) is 20.1 Å². The van der Waals surface area contributed by atoms with E-state index in [2.05, 4.69) is 0 Å². The van der Waals surface area contributed by atoms with Crippen molar-refractivity contribution in [2.24, 2.45) is 5.84 Å². The highest BCUT2D eigenvalue weighted by atomic mass is 16.2. The minimum Gasteiger partial charge on any atom is -0.298 e. The molecule has 0 heterocycles. The van der Waals surface area contributed by atoms with E-state index in [-0.39, 0.29) is 5.91 Å². The summed E-state index contributed by atoms with van der Waals surface area (Å²) in [5, 5.41) is 0. The Bertz CT molecular complexity index is 94.2. The normalized spacial score (nSPS) is 9.78. The molecule has 0 unspecified atom stereocenters. The van der Waals surface area contributed by atoms with Crippen LogP contribution in [-0.4, -0.2) is 30.9 Å². The third-order valence-electron chi connectivity index (χ3n) is 1.11. The second-order valence-electron chi connectivity index (χ2n) is 1.90. The Balaban J connectivity index is 3.34. The first-order valence-corrected chi connectivity index (χ1v) is 2.88. The largest absolute Gasteiger partial charge is 0.298 e. The molecule has 0 aliphatic rings. The van der Waals surface area contributed by atoms with Gasteiger partial charge in [0.25, 0.3) is 0 Å². The fourth-order valence-corrected chi connectivity index (χ4v) is 0.403. The molecule has 3 N–H and O–H groups in total. The molecule has 9 heavy (non-hydrogen) atoms. The van der Waals surface area contributed by atoms with E-state index in [9.17, 15) is 4.79 Å². The van der Waals surface area contributed by atoms with Crippen LogP contribution in [0.1, 0.15) is 6.92 Å². The predicted octanol–water partition coefficient (Wildman–Crippen LogP) is -1.07. The number of rotatable bonds is 3. The van der Waals surface area contributed by atoms with Gasteiger partial charge < -0.3 is 0 Å². The molecule has 0 aromatic heterocycles. The van der Waals surface area contributed by atoms with Crippen LogP contribution in [0.4, 0.5) is 0 Å². The van der Waals surface area contributed by atoms with Crippen LogP contribution in [0.15, 0.2) is 0 Å². The quantitative estimate of drug-likeness (QED) is 0.291. The molecule has 0 aliphatic heterocycles. The van der Waals surface area contributed by atoms with E-state index in [1.807, 2.05) is 24.3 Å². The van der Waals surface area contributed by atoms with Gasteiger partial charge in [0.05, 0.1) is 6.54 Å². The summed E-state index contributed by atoms with van der Waals surface area (Å²) in [5.74, 6) is 4.70. The molecule has 0 rings (SSSR count). The van der Waals surface area contributed by atoms with Crippen LogP contribution < -0.4 is 11.3 Å². The molecule has 1 amide bonds. The average Bonchev–Trinajstić information content (AvgIpc) is 1.87. The predicted molar refractivity (Wildman–Crippen MR) is 35.5 cm³/mol. The van der Waals surface area contributed by atoms with Crippen LogP contribution in [0, 0.1) is 0 Å². The number of carbonyl (C=O) groups excluding carboxylic acids is 1. The van der Waals surface area contributed by atoms with E-state index in [0.717, 1.165) is 6.54 Å². The number of nitrogens with zero attached hydrogens (tertiary/aromatic N) is 1. The van der Waals surface area contributed by atoms with Crippen LogP contribution in [-0.2, 0) is 4.79 Å². The molecular weight excluding hydrogens is 118 g/mol. The molecule has 0 aliphatic carbocycles. The van der Waals surface area contributed by atoms with E-state index in [1.165, 1.54) is 0 Å². The van der Waals surface area contributed by atoms with Gasteiger partial charge in [0.15, 0.2) is 0 Å². The number of nitrogens with one attached hydrogen (secondary N) is 1. The minimum atomic E-state index is -0.153. The van der Waals surface area contributed by atoms with Crippen molar-refractivity contribution >= 4 is 5.91 Å². The smallest absolute Gasteiger partial charge is 0.248 e. The molecule has 4 heteroatoms. The van der Waals surface area contributed by atoms with E-state index in [0.29, 0.717) is 6.54 Å². The lowest BCUT2D eigenvalue weighted by Crippen LogP contribution is -2.38. The first-order chi connectivity index (χ1) is 4.20. The van der Waals surface area contributed by atoms with Crippen molar-refractivity contribution in [1.82, 2.24) is 10.3 Å². The molecule has 54 valence electrons. The maximum absolute atomic E-state index is 10.5. The van der Waals surface area contributed by atoms with Crippen molar-refractivity contribution < 1.29 is 4.79 Å². The van der Waals surface area contributed by atoms with Crippen molar-refractivity contribution in [1.29, 1.82) is 0 Å². The number of likely N-dealkylation sites (N-methyl/N-ethyl adjacent to an activating group) is 1. The summed E-state index contributed by atoms with van der Waals surface area (Å²) in [7, 11) is 1.86. The van der Waals surface area contributed by atoms with E-state index in [4.69, 9.17) is 5.84 Å². The Hall–Kier alpha value is -0.610. The Morgan fingerprint density at radius 2 is 2.33 bits per heavy atom. The summed E-state index contributed by atoms with van der Waals surface area (Å²) in [6, 6.07) is 0. The molecule has 4 nitrogen and oxygen atoms in total. The van der Waals surface area contributed by atoms with Crippen LogP contribution in [0.25, 0.3) is 0 Å². The fraction of sp³-hybridized carbons (Fsp3) is 0.800. The third kappa shape index (κ3) is 3.93. The van der Waals surface area contributed by atoms with Crippen molar-refractivity contribution in [3.8, 4) is 0 Å². The number of amides is 1.